The van der Waals surface area contributed by atoms with Crippen LogP contribution in [0.25, 0.3) is 0 Å². The Hall–Kier alpha value is -1.75. The van der Waals surface area contributed by atoms with Gasteiger partial charge in [0.1, 0.15) is 19.3 Å². The molecule has 0 spiro atoms. The van der Waals surface area contributed by atoms with Crippen LogP contribution in [0.2, 0.25) is 0 Å². The number of amides is 2. The van der Waals surface area contributed by atoms with E-state index in [0.717, 1.165) is 0 Å². The summed E-state index contributed by atoms with van der Waals surface area (Å²) < 4.78 is 25.0. The summed E-state index contributed by atoms with van der Waals surface area (Å²) in [5.74, 6) is -1.10. The summed E-state index contributed by atoms with van der Waals surface area (Å²) in [7, 11) is 2.85. The summed E-state index contributed by atoms with van der Waals surface area (Å²) in [6.07, 6.45) is 1.69. The number of hydrogen-bond acceptors (Lipinski definition) is 8. The molecule has 0 saturated carbocycles. The van der Waals surface area contributed by atoms with Gasteiger partial charge in [-0.25, -0.2) is 4.79 Å². The molecule has 0 aromatic heterocycles. The maximum Gasteiger partial charge on any atom is 0.328 e. The number of carbonyl (C=O) groups is 3. The Morgan fingerprint density at radius 3 is 2.21 bits per heavy atom. The number of carbonyl (C=O) groups excluding carboxylic acids is 3. The van der Waals surface area contributed by atoms with Gasteiger partial charge in [0.2, 0.25) is 11.8 Å². The molecule has 1 atom stereocenters. The summed E-state index contributed by atoms with van der Waals surface area (Å²) in [5.41, 5.74) is 0. The molecule has 0 bridgehead atoms. The predicted octanol–water partition coefficient (Wildman–Crippen LogP) is -0.353. The third kappa shape index (κ3) is 15.3. The molecule has 10 heteroatoms. The van der Waals surface area contributed by atoms with E-state index in [1.54, 1.807) is 7.11 Å². The van der Waals surface area contributed by atoms with Crippen LogP contribution in [0.5, 0.6) is 0 Å². The highest BCUT2D eigenvalue weighted by molar-refractivity contribution is 5.85. The van der Waals surface area contributed by atoms with Crippen LogP contribution in [0, 0.1) is 0 Å². The van der Waals surface area contributed by atoms with Gasteiger partial charge in [-0.05, 0) is 26.2 Å². The fraction of sp³-hybridized carbons (Fsp3) is 0.833. The highest BCUT2D eigenvalue weighted by Gasteiger charge is 2.21. The molecular formula is C18H34N2O8. The molecule has 2 amide bonds. The van der Waals surface area contributed by atoms with Crippen molar-refractivity contribution >= 4 is 17.8 Å². The quantitative estimate of drug-likeness (QED) is 0.234. The number of nitrogens with one attached hydrogen (secondary N) is 2. The molecule has 0 aliphatic carbocycles. The molecule has 1 unspecified atom stereocenters. The molecule has 28 heavy (non-hydrogen) atoms. The average molecular weight is 406 g/mol. The Morgan fingerprint density at radius 1 is 0.857 bits per heavy atom. The number of esters is 1. The van der Waals surface area contributed by atoms with Crippen molar-refractivity contribution in [2.24, 2.45) is 0 Å². The molecule has 0 aliphatic heterocycles. The van der Waals surface area contributed by atoms with Crippen molar-refractivity contribution in [1.29, 1.82) is 0 Å². The van der Waals surface area contributed by atoms with E-state index in [-0.39, 0.29) is 25.7 Å². The van der Waals surface area contributed by atoms with E-state index in [1.165, 1.54) is 7.11 Å². The number of hydrogen-bond donors (Lipinski definition) is 2. The molecule has 0 aromatic carbocycles. The van der Waals surface area contributed by atoms with E-state index in [0.29, 0.717) is 52.2 Å². The lowest BCUT2D eigenvalue weighted by Crippen LogP contribution is -2.43. The van der Waals surface area contributed by atoms with Crippen molar-refractivity contribution in [3.8, 4) is 0 Å². The number of methoxy groups -OCH3 is 2. The van der Waals surface area contributed by atoms with E-state index >= 15 is 0 Å². The highest BCUT2D eigenvalue weighted by atomic mass is 16.5. The Kier molecular flexibility index (Phi) is 17.4. The largest absolute Gasteiger partial charge is 0.467 e. The van der Waals surface area contributed by atoms with E-state index in [2.05, 4.69) is 10.6 Å². The van der Waals surface area contributed by atoms with Crippen molar-refractivity contribution in [2.45, 2.75) is 32.2 Å². The SMILES string of the molecule is CCOCC(=O)NCCCCC(NC(=O)COCCOCCOC)C(=O)OC. The van der Waals surface area contributed by atoms with Crippen LogP contribution in [0.3, 0.4) is 0 Å². The molecule has 0 radical (unpaired) electrons. The van der Waals surface area contributed by atoms with E-state index in [4.69, 9.17) is 23.7 Å². The summed E-state index contributed by atoms with van der Waals surface area (Å²) in [6.45, 7) is 4.21. The van der Waals surface area contributed by atoms with Gasteiger partial charge < -0.3 is 34.3 Å². The van der Waals surface area contributed by atoms with Gasteiger partial charge in [-0.3, -0.25) is 9.59 Å². The van der Waals surface area contributed by atoms with Crippen LogP contribution >= 0.6 is 0 Å². The first-order valence-electron chi connectivity index (χ1n) is 9.41. The van der Waals surface area contributed by atoms with Gasteiger partial charge in [-0.2, -0.15) is 0 Å². The van der Waals surface area contributed by atoms with Crippen molar-refractivity contribution < 1.29 is 38.1 Å². The minimum absolute atomic E-state index is 0.0365. The fourth-order valence-corrected chi connectivity index (χ4v) is 2.10. The summed E-state index contributed by atoms with van der Waals surface area (Å²) in [4.78, 5) is 35.1. The molecule has 0 aromatic rings. The third-order valence-electron chi connectivity index (χ3n) is 3.54. The molecular weight excluding hydrogens is 372 g/mol. The molecule has 0 rings (SSSR count). The summed E-state index contributed by atoms with van der Waals surface area (Å²) in [6, 6.07) is -0.752. The van der Waals surface area contributed by atoms with Crippen molar-refractivity contribution in [1.82, 2.24) is 10.6 Å². The van der Waals surface area contributed by atoms with Gasteiger partial charge in [0.05, 0.1) is 33.5 Å². The maximum atomic E-state index is 11.9. The first-order chi connectivity index (χ1) is 13.5. The van der Waals surface area contributed by atoms with Crippen LogP contribution in [-0.4, -0.2) is 90.8 Å². The first-order valence-corrected chi connectivity index (χ1v) is 9.41. The van der Waals surface area contributed by atoms with Crippen LogP contribution in [0.1, 0.15) is 26.2 Å². The van der Waals surface area contributed by atoms with Crippen LogP contribution in [0.4, 0.5) is 0 Å². The Balaban J connectivity index is 3.96. The monoisotopic (exact) mass is 406 g/mol. The number of ether oxygens (including phenoxy) is 5. The maximum absolute atomic E-state index is 11.9. The summed E-state index contributed by atoms with van der Waals surface area (Å²) >= 11 is 0. The normalized spacial score (nSPS) is 11.7. The Morgan fingerprint density at radius 2 is 1.54 bits per heavy atom. The molecule has 0 fully saturated rings. The summed E-state index contributed by atoms with van der Waals surface area (Å²) in [5, 5.41) is 5.32. The lowest BCUT2D eigenvalue weighted by atomic mass is 10.1. The van der Waals surface area contributed by atoms with Gasteiger partial charge in [0.25, 0.3) is 0 Å². The molecule has 0 aliphatic rings. The first kappa shape index (κ1) is 26.2. The number of rotatable bonds is 18. The minimum Gasteiger partial charge on any atom is -0.467 e. The minimum atomic E-state index is -0.752. The lowest BCUT2D eigenvalue weighted by molar-refractivity contribution is -0.146. The van der Waals surface area contributed by atoms with Gasteiger partial charge >= 0.3 is 5.97 Å². The predicted molar refractivity (Wildman–Crippen MR) is 101 cm³/mol. The van der Waals surface area contributed by atoms with Gasteiger partial charge in [-0.1, -0.05) is 0 Å². The van der Waals surface area contributed by atoms with E-state index < -0.39 is 17.9 Å². The smallest absolute Gasteiger partial charge is 0.328 e. The molecule has 10 nitrogen and oxygen atoms in total. The second-order valence-electron chi connectivity index (χ2n) is 5.78. The average Bonchev–Trinajstić information content (AvgIpc) is 2.69. The molecule has 164 valence electrons. The van der Waals surface area contributed by atoms with Crippen LogP contribution in [-0.2, 0) is 38.1 Å². The lowest BCUT2D eigenvalue weighted by Gasteiger charge is -2.16. The zero-order valence-electron chi connectivity index (χ0n) is 17.1. The zero-order chi connectivity index (χ0) is 21.0. The zero-order valence-corrected chi connectivity index (χ0v) is 17.1. The van der Waals surface area contributed by atoms with Gasteiger partial charge in [0, 0.05) is 20.3 Å². The van der Waals surface area contributed by atoms with Crippen molar-refractivity contribution in [2.75, 3.05) is 67.0 Å². The topological polar surface area (TPSA) is 121 Å². The molecule has 0 saturated heterocycles. The third-order valence-corrected chi connectivity index (χ3v) is 3.54. The van der Waals surface area contributed by atoms with E-state index in [9.17, 15) is 14.4 Å². The molecule has 2 N–H and O–H groups in total. The molecule has 0 heterocycles. The van der Waals surface area contributed by atoms with E-state index in [1.807, 2.05) is 6.92 Å². The standard InChI is InChI=1S/C18H34N2O8/c1-4-26-13-16(21)19-8-6-5-7-15(18(23)25-3)20-17(22)14-28-12-11-27-10-9-24-2/h15H,4-14H2,1-3H3,(H,19,21)(H,20,22). The van der Waals surface area contributed by atoms with Crippen molar-refractivity contribution in [3.63, 3.8) is 0 Å². The second kappa shape index (κ2) is 18.6. The highest BCUT2D eigenvalue weighted by Crippen LogP contribution is 2.03. The Bertz CT molecular complexity index is 434. The Labute approximate surface area is 166 Å². The van der Waals surface area contributed by atoms with Crippen LogP contribution in [0.15, 0.2) is 0 Å². The van der Waals surface area contributed by atoms with Gasteiger partial charge in [0.15, 0.2) is 0 Å². The second-order valence-corrected chi connectivity index (χ2v) is 5.78. The fourth-order valence-electron chi connectivity index (χ4n) is 2.10. The van der Waals surface area contributed by atoms with Crippen LogP contribution < -0.4 is 10.6 Å². The van der Waals surface area contributed by atoms with Gasteiger partial charge in [-0.15, -0.1) is 0 Å². The number of unbranched alkanes of at least 4 members (excludes halogenated alkanes) is 1. The van der Waals surface area contributed by atoms with Crippen molar-refractivity contribution in [3.05, 3.63) is 0 Å².